The fourth-order valence-electron chi connectivity index (χ4n) is 3.08. The number of nitrogens with zero attached hydrogens (tertiary/aromatic N) is 2. The number of hydrogen-bond donors (Lipinski definition) is 0. The summed E-state index contributed by atoms with van der Waals surface area (Å²) >= 11 is 0. The minimum Gasteiger partial charge on any atom is -0.494 e. The van der Waals surface area contributed by atoms with E-state index < -0.39 is 0 Å². The molecular formula is C25H36N2O. The maximum Gasteiger partial charge on any atom is 0.159 e. The molecule has 0 aliphatic heterocycles. The van der Waals surface area contributed by atoms with Crippen LogP contribution in [0.3, 0.4) is 0 Å². The van der Waals surface area contributed by atoms with Crippen molar-refractivity contribution in [3.8, 4) is 17.1 Å². The van der Waals surface area contributed by atoms with E-state index in [2.05, 4.69) is 42.9 Å². The van der Waals surface area contributed by atoms with Gasteiger partial charge in [0.1, 0.15) is 5.75 Å². The van der Waals surface area contributed by atoms with Gasteiger partial charge >= 0.3 is 0 Å². The summed E-state index contributed by atoms with van der Waals surface area (Å²) in [4.78, 5) is 9.11. The Labute approximate surface area is 171 Å². The predicted molar refractivity (Wildman–Crippen MR) is 119 cm³/mol. The van der Waals surface area contributed by atoms with Gasteiger partial charge in [-0.3, -0.25) is 0 Å². The normalized spacial score (nSPS) is 12.4. The Bertz CT molecular complexity index is 677. The molecule has 0 saturated heterocycles. The molecule has 0 N–H and O–H groups in total. The maximum atomic E-state index is 5.81. The number of aromatic nitrogens is 2. The average Bonchev–Trinajstić information content (AvgIpc) is 2.74. The molecule has 3 nitrogen and oxygen atoms in total. The summed E-state index contributed by atoms with van der Waals surface area (Å²) < 4.78 is 5.81. The van der Waals surface area contributed by atoms with E-state index in [1.54, 1.807) is 0 Å². The zero-order valence-corrected chi connectivity index (χ0v) is 17.9. The highest BCUT2D eigenvalue weighted by molar-refractivity contribution is 5.55. The van der Waals surface area contributed by atoms with Gasteiger partial charge in [-0.1, -0.05) is 45.3 Å². The molecule has 1 aromatic carbocycles. The highest BCUT2D eigenvalue weighted by atomic mass is 16.5. The molecule has 0 amide bonds. The van der Waals surface area contributed by atoms with Crippen LogP contribution < -0.4 is 4.74 Å². The van der Waals surface area contributed by atoms with E-state index >= 15 is 0 Å². The lowest BCUT2D eigenvalue weighted by atomic mass is 10.00. The van der Waals surface area contributed by atoms with Crippen molar-refractivity contribution < 1.29 is 4.74 Å². The Morgan fingerprint density at radius 1 is 1.00 bits per heavy atom. The van der Waals surface area contributed by atoms with Crippen LogP contribution in [0.5, 0.6) is 5.75 Å². The summed E-state index contributed by atoms with van der Waals surface area (Å²) in [7, 11) is 0. The van der Waals surface area contributed by atoms with Crippen molar-refractivity contribution in [2.45, 2.75) is 72.1 Å². The molecule has 0 bridgehead atoms. The molecule has 0 fully saturated rings. The predicted octanol–water partition coefficient (Wildman–Crippen LogP) is 7.03. The lowest BCUT2D eigenvalue weighted by Gasteiger charge is -2.08. The average molecular weight is 381 g/mol. The van der Waals surface area contributed by atoms with Crippen molar-refractivity contribution in [3.05, 3.63) is 54.4 Å². The third-order valence-electron chi connectivity index (χ3n) is 5.20. The van der Waals surface area contributed by atoms with Gasteiger partial charge in [0.05, 0.1) is 6.61 Å². The molecule has 3 heteroatoms. The third-order valence-corrected chi connectivity index (χ3v) is 5.20. The van der Waals surface area contributed by atoms with Gasteiger partial charge in [-0.2, -0.15) is 0 Å². The van der Waals surface area contributed by atoms with Crippen LogP contribution in [0.25, 0.3) is 11.4 Å². The van der Waals surface area contributed by atoms with E-state index in [0.717, 1.165) is 48.9 Å². The Kier molecular flexibility index (Phi) is 10.3. The summed E-state index contributed by atoms with van der Waals surface area (Å²) in [5.74, 6) is 2.53. The molecule has 0 unspecified atom stereocenters. The van der Waals surface area contributed by atoms with Crippen LogP contribution in [0.4, 0.5) is 0 Å². The van der Waals surface area contributed by atoms with E-state index in [-0.39, 0.29) is 0 Å². The molecule has 0 aliphatic carbocycles. The lowest BCUT2D eigenvalue weighted by Crippen LogP contribution is -1.97. The number of unbranched alkanes of at least 4 members (excludes halogenated alkanes) is 3. The zero-order chi connectivity index (χ0) is 20.0. The molecule has 0 saturated carbocycles. The largest absolute Gasteiger partial charge is 0.494 e. The first kappa shape index (κ1) is 22.1. The Morgan fingerprint density at radius 3 is 2.43 bits per heavy atom. The molecule has 1 atom stereocenters. The molecule has 0 aliphatic rings. The summed E-state index contributed by atoms with van der Waals surface area (Å²) in [6, 6.07) is 8.09. The summed E-state index contributed by atoms with van der Waals surface area (Å²) in [6.07, 6.45) is 17.8. The molecule has 0 spiro atoms. The Balaban J connectivity index is 1.75. The fourth-order valence-corrected chi connectivity index (χ4v) is 3.08. The number of allylic oxidation sites excluding steroid dienone is 2. The number of benzene rings is 1. The smallest absolute Gasteiger partial charge is 0.159 e. The van der Waals surface area contributed by atoms with E-state index in [9.17, 15) is 0 Å². The molecule has 152 valence electrons. The standard InChI is InChI=1S/C25H36N2O/c1-4-6-7-8-11-18-28-24-16-14-23(15-17-24)25-26-19-22(20-27-25)13-10-9-12-21(3)5-2/h4,6,14-17,19-21H,5,7-13,18H2,1-3H3/b6-4-/t21-/m0/s1. The van der Waals surface area contributed by atoms with Crippen molar-refractivity contribution in [2.75, 3.05) is 6.61 Å². The van der Waals surface area contributed by atoms with Gasteiger partial charge in [0.15, 0.2) is 5.82 Å². The van der Waals surface area contributed by atoms with E-state index in [0.29, 0.717) is 0 Å². The molecular weight excluding hydrogens is 344 g/mol. The molecule has 1 heterocycles. The monoisotopic (exact) mass is 380 g/mol. The first-order chi connectivity index (χ1) is 13.7. The van der Waals surface area contributed by atoms with Crippen molar-refractivity contribution in [3.63, 3.8) is 0 Å². The minimum atomic E-state index is 0.763. The summed E-state index contributed by atoms with van der Waals surface area (Å²) in [5, 5.41) is 0. The van der Waals surface area contributed by atoms with Gasteiger partial charge in [0.2, 0.25) is 0 Å². The summed E-state index contributed by atoms with van der Waals surface area (Å²) in [6.45, 7) is 7.42. The molecule has 0 radical (unpaired) electrons. The number of hydrogen-bond acceptors (Lipinski definition) is 3. The van der Waals surface area contributed by atoms with Gasteiger partial charge in [-0.05, 0) is 74.8 Å². The number of rotatable bonds is 13. The third kappa shape index (κ3) is 8.24. The first-order valence-corrected chi connectivity index (χ1v) is 10.9. The van der Waals surface area contributed by atoms with Crippen molar-refractivity contribution in [1.29, 1.82) is 0 Å². The van der Waals surface area contributed by atoms with Gasteiger partial charge in [0.25, 0.3) is 0 Å². The SMILES string of the molecule is C/C=C\CCCCOc1ccc(-c2ncc(CCCC[C@@H](C)CC)cn2)cc1. The maximum absolute atomic E-state index is 5.81. The van der Waals surface area contributed by atoms with Crippen molar-refractivity contribution >= 4 is 0 Å². The highest BCUT2D eigenvalue weighted by Crippen LogP contribution is 2.20. The van der Waals surface area contributed by atoms with E-state index in [4.69, 9.17) is 4.74 Å². The van der Waals surface area contributed by atoms with E-state index in [1.807, 2.05) is 36.7 Å². The van der Waals surface area contributed by atoms with Crippen molar-refractivity contribution in [1.82, 2.24) is 9.97 Å². The molecule has 28 heavy (non-hydrogen) atoms. The highest BCUT2D eigenvalue weighted by Gasteiger charge is 2.04. The second-order valence-corrected chi connectivity index (χ2v) is 7.61. The van der Waals surface area contributed by atoms with E-state index in [1.165, 1.54) is 37.7 Å². The van der Waals surface area contributed by atoms with Crippen molar-refractivity contribution in [2.24, 2.45) is 5.92 Å². The van der Waals surface area contributed by atoms with Gasteiger partial charge in [0, 0.05) is 18.0 Å². The Hall–Kier alpha value is -2.16. The van der Waals surface area contributed by atoms with Crippen LogP contribution >= 0.6 is 0 Å². The van der Waals surface area contributed by atoms with Crippen LogP contribution in [-0.4, -0.2) is 16.6 Å². The molecule has 2 aromatic rings. The lowest BCUT2D eigenvalue weighted by molar-refractivity contribution is 0.307. The second kappa shape index (κ2) is 13.1. The van der Waals surface area contributed by atoms with Crippen LogP contribution in [-0.2, 0) is 6.42 Å². The first-order valence-electron chi connectivity index (χ1n) is 10.9. The van der Waals surface area contributed by atoms with Crippen LogP contribution in [0, 0.1) is 5.92 Å². The quantitative estimate of drug-likeness (QED) is 0.276. The molecule has 1 aromatic heterocycles. The fraction of sp³-hybridized carbons (Fsp3) is 0.520. The van der Waals surface area contributed by atoms with Crippen LogP contribution in [0.2, 0.25) is 0 Å². The number of aryl methyl sites for hydroxylation is 1. The van der Waals surface area contributed by atoms with Gasteiger partial charge in [-0.15, -0.1) is 0 Å². The zero-order valence-electron chi connectivity index (χ0n) is 17.9. The Morgan fingerprint density at radius 2 is 1.75 bits per heavy atom. The molecule has 2 rings (SSSR count). The van der Waals surface area contributed by atoms with Crippen LogP contribution in [0.15, 0.2) is 48.8 Å². The van der Waals surface area contributed by atoms with Crippen LogP contribution in [0.1, 0.15) is 71.3 Å². The second-order valence-electron chi connectivity index (χ2n) is 7.61. The van der Waals surface area contributed by atoms with Gasteiger partial charge < -0.3 is 4.74 Å². The number of ether oxygens (including phenoxy) is 1. The summed E-state index contributed by atoms with van der Waals surface area (Å²) in [5.41, 5.74) is 2.26. The topological polar surface area (TPSA) is 35.0 Å². The van der Waals surface area contributed by atoms with Gasteiger partial charge in [-0.25, -0.2) is 9.97 Å². The minimum absolute atomic E-state index is 0.763.